The topological polar surface area (TPSA) is 46.2 Å². The number of benzene rings is 1. The molecule has 1 aromatic carbocycles. The zero-order valence-electron chi connectivity index (χ0n) is 12.5. The lowest BCUT2D eigenvalue weighted by atomic mass is 10.1. The molecule has 1 rings (SSSR count). The molecule has 0 saturated heterocycles. The molecule has 0 bridgehead atoms. The van der Waals surface area contributed by atoms with Gasteiger partial charge in [-0.1, -0.05) is 13.3 Å². The molecule has 120 valence electrons. The summed E-state index contributed by atoms with van der Waals surface area (Å²) in [5.74, 6) is -1.91. The van der Waals surface area contributed by atoms with Crippen molar-refractivity contribution in [2.45, 2.75) is 50.5 Å². The molecule has 3 nitrogen and oxygen atoms in total. The van der Waals surface area contributed by atoms with Gasteiger partial charge in [-0.3, -0.25) is 0 Å². The molecule has 0 aliphatic rings. The monoisotopic (exact) mass is 319 g/mol. The predicted molar refractivity (Wildman–Crippen MR) is 80.0 cm³/mol. The van der Waals surface area contributed by atoms with E-state index >= 15 is 0 Å². The Morgan fingerprint density at radius 2 is 1.95 bits per heavy atom. The Kier molecular flexibility index (Phi) is 7.25. The predicted octanol–water partition coefficient (Wildman–Crippen LogP) is 3.30. The quantitative estimate of drug-likeness (QED) is 0.561. The summed E-state index contributed by atoms with van der Waals surface area (Å²) in [4.78, 5) is -0.416. The van der Waals surface area contributed by atoms with Crippen molar-refractivity contribution < 1.29 is 17.2 Å². The fraction of sp³-hybridized carbons (Fsp3) is 0.600. The average molecular weight is 319 g/mol. The molecule has 1 N–H and O–H groups in total. The average Bonchev–Trinajstić information content (AvgIpc) is 2.41. The molecule has 0 radical (unpaired) electrons. The number of sulfone groups is 1. The van der Waals surface area contributed by atoms with E-state index in [1.54, 1.807) is 0 Å². The molecule has 0 fully saturated rings. The van der Waals surface area contributed by atoms with E-state index in [0.29, 0.717) is 18.5 Å². The molecule has 0 aromatic heterocycles. The van der Waals surface area contributed by atoms with Crippen molar-refractivity contribution in [3.63, 3.8) is 0 Å². The van der Waals surface area contributed by atoms with Crippen LogP contribution < -0.4 is 5.32 Å². The van der Waals surface area contributed by atoms with Crippen molar-refractivity contribution in [3.8, 4) is 0 Å². The second-order valence-electron chi connectivity index (χ2n) is 5.24. The number of halogens is 2. The van der Waals surface area contributed by atoms with E-state index < -0.39 is 26.4 Å². The van der Waals surface area contributed by atoms with Crippen molar-refractivity contribution in [1.82, 2.24) is 5.32 Å². The largest absolute Gasteiger partial charge is 0.314 e. The molecule has 1 atom stereocenters. The van der Waals surface area contributed by atoms with Gasteiger partial charge >= 0.3 is 0 Å². The van der Waals surface area contributed by atoms with Crippen LogP contribution >= 0.6 is 0 Å². The first kappa shape index (κ1) is 18.0. The summed E-state index contributed by atoms with van der Waals surface area (Å²) in [6.07, 6.45) is 3.15. The lowest BCUT2D eigenvalue weighted by Gasteiger charge is -2.12. The minimum atomic E-state index is -3.68. The summed E-state index contributed by atoms with van der Waals surface area (Å²) in [5.41, 5.74) is 0. The standard InChI is InChI=1S/C15H23F2NO2S/c1-3-9-18-12(2)6-4-5-10-21(19,20)15-8-7-13(16)11-14(15)17/h7-8,11-12,18H,3-6,9-10H2,1-2H3. The third-order valence-electron chi connectivity index (χ3n) is 3.27. The van der Waals surface area contributed by atoms with Gasteiger partial charge in [0.1, 0.15) is 16.5 Å². The van der Waals surface area contributed by atoms with Gasteiger partial charge in [0, 0.05) is 12.1 Å². The first-order valence-electron chi connectivity index (χ1n) is 7.28. The minimum absolute atomic E-state index is 0.115. The van der Waals surface area contributed by atoms with Crippen LogP contribution in [-0.4, -0.2) is 26.8 Å². The van der Waals surface area contributed by atoms with Gasteiger partial charge in [-0.25, -0.2) is 17.2 Å². The van der Waals surface area contributed by atoms with E-state index in [1.807, 2.05) is 0 Å². The van der Waals surface area contributed by atoms with E-state index in [4.69, 9.17) is 0 Å². The fourth-order valence-corrected chi connectivity index (χ4v) is 3.51. The Hall–Kier alpha value is -1.01. The van der Waals surface area contributed by atoms with Gasteiger partial charge in [-0.15, -0.1) is 0 Å². The van der Waals surface area contributed by atoms with E-state index in [1.165, 1.54) is 0 Å². The molecule has 6 heteroatoms. The summed E-state index contributed by atoms with van der Waals surface area (Å²) in [6, 6.07) is 2.90. The van der Waals surface area contributed by atoms with Gasteiger partial charge in [0.25, 0.3) is 0 Å². The Balaban J connectivity index is 2.47. The van der Waals surface area contributed by atoms with E-state index in [9.17, 15) is 17.2 Å². The molecule has 0 spiro atoms. The molecule has 0 amide bonds. The van der Waals surface area contributed by atoms with Gasteiger partial charge in [0.05, 0.1) is 5.75 Å². The van der Waals surface area contributed by atoms with Crippen molar-refractivity contribution in [1.29, 1.82) is 0 Å². The number of hydrogen-bond donors (Lipinski definition) is 1. The minimum Gasteiger partial charge on any atom is -0.314 e. The summed E-state index contributed by atoms with van der Waals surface area (Å²) in [6.45, 7) is 5.09. The highest BCUT2D eigenvalue weighted by Crippen LogP contribution is 2.18. The number of hydrogen-bond acceptors (Lipinski definition) is 3. The Labute approximate surface area is 125 Å². The Bertz CT molecular complexity index is 547. The third-order valence-corrected chi connectivity index (χ3v) is 5.10. The summed E-state index contributed by atoms with van der Waals surface area (Å²) in [7, 11) is -3.68. The van der Waals surface area contributed by atoms with E-state index in [2.05, 4.69) is 19.2 Å². The zero-order chi connectivity index (χ0) is 15.9. The SMILES string of the molecule is CCCNC(C)CCCCS(=O)(=O)c1ccc(F)cc1F. The molecular formula is C15H23F2NO2S. The first-order chi connectivity index (χ1) is 9.86. The maximum absolute atomic E-state index is 13.5. The highest BCUT2D eigenvalue weighted by molar-refractivity contribution is 7.91. The fourth-order valence-electron chi connectivity index (χ4n) is 2.07. The molecule has 21 heavy (non-hydrogen) atoms. The van der Waals surface area contributed by atoms with Gasteiger partial charge in [-0.05, 0) is 44.9 Å². The molecule has 1 aromatic rings. The van der Waals surface area contributed by atoms with Gasteiger partial charge in [-0.2, -0.15) is 0 Å². The molecule has 1 unspecified atom stereocenters. The van der Waals surface area contributed by atoms with Gasteiger partial charge in [0.2, 0.25) is 0 Å². The molecule has 0 heterocycles. The van der Waals surface area contributed by atoms with Crippen molar-refractivity contribution in [3.05, 3.63) is 29.8 Å². The second-order valence-corrected chi connectivity index (χ2v) is 7.32. The molecule has 0 saturated carbocycles. The lowest BCUT2D eigenvalue weighted by molar-refractivity contribution is 0.493. The van der Waals surface area contributed by atoms with Crippen molar-refractivity contribution in [2.24, 2.45) is 0 Å². The highest BCUT2D eigenvalue weighted by Gasteiger charge is 2.19. The van der Waals surface area contributed by atoms with Crippen LogP contribution in [0.3, 0.4) is 0 Å². The van der Waals surface area contributed by atoms with Crippen molar-refractivity contribution in [2.75, 3.05) is 12.3 Å². The highest BCUT2D eigenvalue weighted by atomic mass is 32.2. The number of unbranched alkanes of at least 4 members (excludes halogenated alkanes) is 1. The first-order valence-corrected chi connectivity index (χ1v) is 8.93. The third kappa shape index (κ3) is 6.09. The van der Waals surface area contributed by atoms with Crippen molar-refractivity contribution >= 4 is 9.84 Å². The summed E-state index contributed by atoms with van der Waals surface area (Å²) < 4.78 is 50.3. The number of rotatable bonds is 9. The van der Waals surface area contributed by atoms with Crippen LogP contribution in [0.1, 0.15) is 39.5 Å². The van der Waals surface area contributed by atoms with Crippen LogP contribution in [-0.2, 0) is 9.84 Å². The smallest absolute Gasteiger partial charge is 0.181 e. The second kappa shape index (κ2) is 8.44. The van der Waals surface area contributed by atoms with E-state index in [-0.39, 0.29) is 5.75 Å². The lowest BCUT2D eigenvalue weighted by Crippen LogP contribution is -2.26. The Morgan fingerprint density at radius 1 is 1.24 bits per heavy atom. The van der Waals surface area contributed by atoms with Gasteiger partial charge in [0.15, 0.2) is 9.84 Å². The normalized spacial score (nSPS) is 13.3. The maximum Gasteiger partial charge on any atom is 0.181 e. The van der Waals surface area contributed by atoms with Crippen LogP contribution in [0.25, 0.3) is 0 Å². The molecular weight excluding hydrogens is 296 g/mol. The number of nitrogens with one attached hydrogen (secondary N) is 1. The van der Waals surface area contributed by atoms with Crippen LogP contribution in [0.15, 0.2) is 23.1 Å². The van der Waals surface area contributed by atoms with Crippen LogP contribution in [0.5, 0.6) is 0 Å². The molecule has 0 aliphatic carbocycles. The van der Waals surface area contributed by atoms with E-state index in [0.717, 1.165) is 37.9 Å². The summed E-state index contributed by atoms with van der Waals surface area (Å²) >= 11 is 0. The molecule has 0 aliphatic heterocycles. The van der Waals surface area contributed by atoms with Gasteiger partial charge < -0.3 is 5.32 Å². The van der Waals surface area contributed by atoms with Crippen LogP contribution in [0.4, 0.5) is 8.78 Å². The van der Waals surface area contributed by atoms with Crippen LogP contribution in [0.2, 0.25) is 0 Å². The summed E-state index contributed by atoms with van der Waals surface area (Å²) in [5, 5.41) is 3.33. The maximum atomic E-state index is 13.5. The van der Waals surface area contributed by atoms with Crippen LogP contribution in [0, 0.1) is 11.6 Å². The Morgan fingerprint density at radius 3 is 2.57 bits per heavy atom. The zero-order valence-corrected chi connectivity index (χ0v) is 13.3.